The van der Waals surface area contributed by atoms with Crippen molar-refractivity contribution in [3.63, 3.8) is 0 Å². The summed E-state index contributed by atoms with van der Waals surface area (Å²) < 4.78 is 0. The Balaban J connectivity index is 2.03. The third-order valence-corrected chi connectivity index (χ3v) is 5.93. The minimum Gasteiger partial charge on any atom is -0.326 e. The molecule has 0 saturated heterocycles. The van der Waals surface area contributed by atoms with Gasteiger partial charge in [-0.3, -0.25) is 4.79 Å². The number of nitrogens with one attached hydrogen (secondary N) is 1. The second-order valence-electron chi connectivity index (χ2n) is 8.54. The van der Waals surface area contributed by atoms with Crippen molar-refractivity contribution in [1.82, 2.24) is 0 Å². The molecule has 2 nitrogen and oxygen atoms in total. The summed E-state index contributed by atoms with van der Waals surface area (Å²) in [6, 6.07) is 6.34. The summed E-state index contributed by atoms with van der Waals surface area (Å²) in [5.74, 6) is 0.170. The normalized spacial score (nSPS) is 11.3. The zero-order valence-corrected chi connectivity index (χ0v) is 20.1. The van der Waals surface area contributed by atoms with Crippen LogP contribution in [0.3, 0.4) is 0 Å². The number of hydrogen-bond acceptors (Lipinski definition) is 1. The lowest BCUT2D eigenvalue weighted by Crippen LogP contribution is -2.14. The van der Waals surface area contributed by atoms with E-state index in [0.717, 1.165) is 31.4 Å². The number of rotatable bonds is 18. The number of anilines is 1. The van der Waals surface area contributed by atoms with Crippen LogP contribution in [0.2, 0.25) is 0 Å². The van der Waals surface area contributed by atoms with E-state index in [-0.39, 0.29) is 5.91 Å². The average molecular weight is 414 g/mol. The lowest BCUT2D eigenvalue weighted by molar-refractivity contribution is -0.116. The van der Waals surface area contributed by atoms with E-state index in [9.17, 15) is 4.79 Å². The van der Waals surface area contributed by atoms with Gasteiger partial charge in [0.1, 0.15) is 0 Å². The molecule has 1 aromatic rings. The van der Waals surface area contributed by atoms with E-state index in [1.165, 1.54) is 81.8 Å². The monoisotopic (exact) mass is 413 g/mol. The number of allylic oxidation sites excluding steroid dienone is 2. The van der Waals surface area contributed by atoms with E-state index in [2.05, 4.69) is 56.4 Å². The number of amides is 1. The van der Waals surface area contributed by atoms with Gasteiger partial charge in [-0.1, -0.05) is 102 Å². The molecule has 1 amide bonds. The molecule has 0 heterocycles. The molecule has 1 N–H and O–H groups in total. The van der Waals surface area contributed by atoms with Gasteiger partial charge in [0.25, 0.3) is 0 Å². The lowest BCUT2D eigenvalue weighted by Gasteiger charge is -2.14. The number of benzene rings is 1. The summed E-state index contributed by atoms with van der Waals surface area (Å²) in [4.78, 5) is 12.4. The zero-order chi connectivity index (χ0) is 21.9. The Kier molecular flexibility index (Phi) is 16.1. The summed E-state index contributed by atoms with van der Waals surface area (Å²) >= 11 is 0. The first kappa shape index (κ1) is 26.5. The molecule has 2 heteroatoms. The largest absolute Gasteiger partial charge is 0.326 e. The summed E-state index contributed by atoms with van der Waals surface area (Å²) in [6.07, 6.45) is 24.0. The van der Waals surface area contributed by atoms with Crippen LogP contribution in [-0.4, -0.2) is 5.91 Å². The van der Waals surface area contributed by atoms with Crippen LogP contribution in [0.5, 0.6) is 0 Å². The molecule has 0 spiro atoms. The van der Waals surface area contributed by atoms with Gasteiger partial charge in [0.2, 0.25) is 5.91 Å². The van der Waals surface area contributed by atoms with Crippen LogP contribution < -0.4 is 5.32 Å². The van der Waals surface area contributed by atoms with Crippen LogP contribution in [-0.2, 0) is 17.6 Å². The quantitative estimate of drug-likeness (QED) is 0.189. The smallest absolute Gasteiger partial charge is 0.224 e. The van der Waals surface area contributed by atoms with Crippen molar-refractivity contribution in [3.8, 4) is 0 Å². The Hall–Kier alpha value is -1.57. The number of carbonyl (C=O) groups is 1. The third kappa shape index (κ3) is 12.2. The van der Waals surface area contributed by atoms with Gasteiger partial charge in [0, 0.05) is 12.1 Å². The van der Waals surface area contributed by atoms with Gasteiger partial charge in [0.15, 0.2) is 0 Å². The van der Waals surface area contributed by atoms with E-state index < -0.39 is 0 Å². The fraction of sp³-hybridized carbons (Fsp3) is 0.679. The second-order valence-corrected chi connectivity index (χ2v) is 8.54. The molecule has 0 bridgehead atoms. The van der Waals surface area contributed by atoms with Gasteiger partial charge >= 0.3 is 0 Å². The number of carbonyl (C=O) groups excluding carboxylic acids is 1. The molecule has 0 fully saturated rings. The zero-order valence-electron chi connectivity index (χ0n) is 20.1. The van der Waals surface area contributed by atoms with Crippen LogP contribution >= 0.6 is 0 Å². The molecule has 0 aliphatic heterocycles. The van der Waals surface area contributed by atoms with Crippen LogP contribution in [0.1, 0.15) is 122 Å². The van der Waals surface area contributed by atoms with Gasteiger partial charge in [0.05, 0.1) is 0 Å². The van der Waals surface area contributed by atoms with Crippen molar-refractivity contribution in [2.45, 2.75) is 124 Å². The molecule has 0 atom stereocenters. The maximum absolute atomic E-state index is 12.4. The molecular formula is C28H47NO. The molecule has 0 saturated carbocycles. The number of hydrogen-bond donors (Lipinski definition) is 1. The van der Waals surface area contributed by atoms with E-state index in [1.54, 1.807) is 0 Å². The van der Waals surface area contributed by atoms with Gasteiger partial charge in [-0.25, -0.2) is 0 Å². The van der Waals surface area contributed by atoms with Crippen LogP contribution in [0.25, 0.3) is 0 Å². The molecule has 1 rings (SSSR count). The summed E-state index contributed by atoms with van der Waals surface area (Å²) in [5.41, 5.74) is 3.54. The highest BCUT2D eigenvalue weighted by Gasteiger charge is 2.09. The average Bonchev–Trinajstić information content (AvgIpc) is 2.76. The minimum atomic E-state index is 0.170. The van der Waals surface area contributed by atoms with Crippen LogP contribution in [0.4, 0.5) is 5.69 Å². The third-order valence-electron chi connectivity index (χ3n) is 5.93. The summed E-state index contributed by atoms with van der Waals surface area (Å²) in [7, 11) is 0. The van der Waals surface area contributed by atoms with Crippen molar-refractivity contribution >= 4 is 11.6 Å². The second kappa shape index (κ2) is 18.2. The fourth-order valence-electron chi connectivity index (χ4n) is 3.96. The number of unbranched alkanes of at least 4 members (excludes halogenated alkanes) is 11. The molecule has 0 unspecified atom stereocenters. The number of aryl methyl sites for hydroxylation is 2. The van der Waals surface area contributed by atoms with Crippen molar-refractivity contribution in [1.29, 1.82) is 0 Å². The molecular weight excluding hydrogens is 366 g/mol. The Morgan fingerprint density at radius 1 is 0.733 bits per heavy atom. The Morgan fingerprint density at radius 3 is 1.77 bits per heavy atom. The van der Waals surface area contributed by atoms with Gasteiger partial charge < -0.3 is 5.32 Å². The van der Waals surface area contributed by atoms with Crippen LogP contribution in [0, 0.1) is 0 Å². The van der Waals surface area contributed by atoms with Gasteiger partial charge in [-0.2, -0.15) is 0 Å². The molecule has 0 radical (unpaired) electrons. The first-order valence-corrected chi connectivity index (χ1v) is 12.8. The van der Waals surface area contributed by atoms with Crippen LogP contribution in [0.15, 0.2) is 30.4 Å². The van der Waals surface area contributed by atoms with E-state index in [1.807, 2.05) is 0 Å². The molecule has 0 aliphatic carbocycles. The highest BCUT2D eigenvalue weighted by Crippen LogP contribution is 2.23. The van der Waals surface area contributed by atoms with Crippen molar-refractivity contribution in [2.24, 2.45) is 0 Å². The maximum atomic E-state index is 12.4. The van der Waals surface area contributed by atoms with E-state index >= 15 is 0 Å². The molecule has 1 aromatic carbocycles. The summed E-state index contributed by atoms with van der Waals surface area (Å²) in [6.45, 7) is 6.57. The Labute approximate surface area is 186 Å². The predicted molar refractivity (Wildman–Crippen MR) is 133 cm³/mol. The minimum absolute atomic E-state index is 0.170. The van der Waals surface area contributed by atoms with Crippen molar-refractivity contribution in [2.75, 3.05) is 5.32 Å². The fourth-order valence-corrected chi connectivity index (χ4v) is 3.96. The molecule has 0 aromatic heterocycles. The maximum Gasteiger partial charge on any atom is 0.224 e. The highest BCUT2D eigenvalue weighted by atomic mass is 16.1. The Morgan fingerprint density at radius 2 is 1.23 bits per heavy atom. The van der Waals surface area contributed by atoms with E-state index in [4.69, 9.17) is 0 Å². The first-order valence-electron chi connectivity index (χ1n) is 12.8. The van der Waals surface area contributed by atoms with E-state index in [0.29, 0.717) is 6.42 Å². The standard InChI is InChI=1S/C28H47NO/c1-4-7-8-9-10-11-12-13-14-15-16-17-18-19-20-24-27(30)29-28-25(5-2)22-21-23-26(28)6-3/h13-14,21-23H,4-12,15-20,24H2,1-3H3,(H,29,30)/b14-13+. The highest BCUT2D eigenvalue weighted by molar-refractivity contribution is 5.92. The molecule has 0 aliphatic rings. The SMILES string of the molecule is CCCCCCCC/C=C/CCCCCCCC(=O)Nc1c(CC)cccc1CC. The van der Waals surface area contributed by atoms with Gasteiger partial charge in [-0.05, 0) is 56.1 Å². The summed E-state index contributed by atoms with van der Waals surface area (Å²) in [5, 5.41) is 3.18. The number of para-hydroxylation sites is 1. The predicted octanol–water partition coefficient (Wildman–Crippen LogP) is 8.79. The van der Waals surface area contributed by atoms with Crippen molar-refractivity contribution < 1.29 is 4.79 Å². The molecule has 170 valence electrons. The topological polar surface area (TPSA) is 29.1 Å². The Bertz CT molecular complexity index is 568. The first-order chi connectivity index (χ1) is 14.7. The lowest BCUT2D eigenvalue weighted by atomic mass is 10.0. The van der Waals surface area contributed by atoms with Crippen molar-refractivity contribution in [3.05, 3.63) is 41.5 Å². The van der Waals surface area contributed by atoms with Gasteiger partial charge in [-0.15, -0.1) is 0 Å². The molecule has 30 heavy (non-hydrogen) atoms.